The Kier molecular flexibility index (Phi) is 4.37. The van der Waals surface area contributed by atoms with Crippen molar-refractivity contribution in [2.45, 2.75) is 26.3 Å². The van der Waals surface area contributed by atoms with Gasteiger partial charge in [0.15, 0.2) is 0 Å². The number of rotatable bonds is 4. The quantitative estimate of drug-likeness (QED) is 0.808. The van der Waals surface area contributed by atoms with E-state index in [-0.39, 0.29) is 0 Å². The molecule has 1 saturated heterocycles. The van der Waals surface area contributed by atoms with Crippen molar-refractivity contribution >= 4 is 0 Å². The van der Waals surface area contributed by atoms with Crippen molar-refractivity contribution in [3.63, 3.8) is 0 Å². The van der Waals surface area contributed by atoms with Crippen molar-refractivity contribution in [1.82, 2.24) is 10.6 Å². The minimum Gasteiger partial charge on any atom is -0.316 e. The number of nitrogens with one attached hydrogen (secondary N) is 2. The highest BCUT2D eigenvalue weighted by Crippen LogP contribution is 2.10. The molecule has 1 fully saturated rings. The van der Waals surface area contributed by atoms with Crippen LogP contribution in [0.15, 0.2) is 24.3 Å². The van der Waals surface area contributed by atoms with Crippen LogP contribution >= 0.6 is 0 Å². The molecule has 1 aliphatic rings. The van der Waals surface area contributed by atoms with Crippen LogP contribution in [0.2, 0.25) is 0 Å². The van der Waals surface area contributed by atoms with E-state index in [0.717, 1.165) is 19.0 Å². The second-order valence-electron chi connectivity index (χ2n) is 4.77. The molecule has 16 heavy (non-hydrogen) atoms. The first-order valence-corrected chi connectivity index (χ1v) is 6.32. The van der Waals surface area contributed by atoms with E-state index in [4.69, 9.17) is 0 Å². The third-order valence-electron chi connectivity index (χ3n) is 3.41. The van der Waals surface area contributed by atoms with E-state index in [0.29, 0.717) is 0 Å². The van der Waals surface area contributed by atoms with Gasteiger partial charge in [0.25, 0.3) is 0 Å². The highest BCUT2D eigenvalue weighted by Gasteiger charge is 2.11. The lowest BCUT2D eigenvalue weighted by molar-refractivity contribution is 0.360. The topological polar surface area (TPSA) is 24.1 Å². The zero-order valence-electron chi connectivity index (χ0n) is 10.1. The Labute approximate surface area is 98.4 Å². The highest BCUT2D eigenvalue weighted by atomic mass is 14.9. The van der Waals surface area contributed by atoms with Crippen LogP contribution in [-0.4, -0.2) is 19.6 Å². The molecular weight excluding hydrogens is 196 g/mol. The van der Waals surface area contributed by atoms with Crippen molar-refractivity contribution in [3.8, 4) is 0 Å². The molecule has 0 spiro atoms. The lowest BCUT2D eigenvalue weighted by Crippen LogP contribution is -2.35. The molecule has 0 unspecified atom stereocenters. The number of benzene rings is 1. The van der Waals surface area contributed by atoms with Gasteiger partial charge in [0, 0.05) is 6.54 Å². The van der Waals surface area contributed by atoms with Gasteiger partial charge in [0.05, 0.1) is 0 Å². The summed E-state index contributed by atoms with van der Waals surface area (Å²) in [5, 5.41) is 7.03. The van der Waals surface area contributed by atoms with Gasteiger partial charge < -0.3 is 10.6 Å². The molecule has 2 nitrogen and oxygen atoms in total. The van der Waals surface area contributed by atoms with E-state index in [1.807, 2.05) is 0 Å². The molecule has 0 aromatic heterocycles. The second kappa shape index (κ2) is 6.02. The van der Waals surface area contributed by atoms with Gasteiger partial charge in [-0.3, -0.25) is 0 Å². The Balaban J connectivity index is 1.73. The van der Waals surface area contributed by atoms with Gasteiger partial charge in [0.1, 0.15) is 0 Å². The predicted molar refractivity (Wildman–Crippen MR) is 68.5 cm³/mol. The molecule has 2 rings (SSSR count). The number of piperidine rings is 1. The maximum atomic E-state index is 3.57. The molecular formula is C14H22N2. The molecule has 1 atom stereocenters. The smallest absolute Gasteiger partial charge is 0.0208 e. The summed E-state index contributed by atoms with van der Waals surface area (Å²) in [7, 11) is 0. The van der Waals surface area contributed by atoms with Crippen molar-refractivity contribution in [3.05, 3.63) is 35.4 Å². The van der Waals surface area contributed by atoms with Crippen LogP contribution in [0.4, 0.5) is 0 Å². The molecule has 1 aliphatic heterocycles. The molecule has 2 heteroatoms. The average Bonchev–Trinajstić information content (AvgIpc) is 2.33. The molecule has 1 heterocycles. The summed E-state index contributed by atoms with van der Waals surface area (Å²) in [6.07, 6.45) is 2.70. The fourth-order valence-corrected chi connectivity index (χ4v) is 2.32. The molecule has 0 bridgehead atoms. The first-order chi connectivity index (χ1) is 7.86. The number of hydrogen-bond acceptors (Lipinski definition) is 2. The molecule has 2 N–H and O–H groups in total. The first-order valence-electron chi connectivity index (χ1n) is 6.32. The summed E-state index contributed by atoms with van der Waals surface area (Å²) in [5.74, 6) is 0.817. The third kappa shape index (κ3) is 3.32. The molecule has 0 aliphatic carbocycles. The third-order valence-corrected chi connectivity index (χ3v) is 3.41. The highest BCUT2D eigenvalue weighted by molar-refractivity contribution is 5.25. The molecule has 0 saturated carbocycles. The van der Waals surface area contributed by atoms with Crippen LogP contribution in [0.3, 0.4) is 0 Å². The Morgan fingerprint density at radius 2 is 2.25 bits per heavy atom. The van der Waals surface area contributed by atoms with Crippen LogP contribution in [0.5, 0.6) is 0 Å². The fourth-order valence-electron chi connectivity index (χ4n) is 2.32. The van der Waals surface area contributed by atoms with Gasteiger partial charge >= 0.3 is 0 Å². The van der Waals surface area contributed by atoms with E-state index in [9.17, 15) is 0 Å². The average molecular weight is 218 g/mol. The zero-order valence-corrected chi connectivity index (χ0v) is 10.1. The number of aryl methyl sites for hydroxylation is 1. The van der Waals surface area contributed by atoms with E-state index in [1.165, 1.54) is 37.1 Å². The van der Waals surface area contributed by atoms with Crippen LogP contribution in [0.25, 0.3) is 0 Å². The molecule has 1 aromatic rings. The lowest BCUT2D eigenvalue weighted by Gasteiger charge is -2.23. The molecule has 1 aromatic carbocycles. The van der Waals surface area contributed by atoms with Crippen molar-refractivity contribution in [2.75, 3.05) is 19.6 Å². The van der Waals surface area contributed by atoms with Gasteiger partial charge in [-0.05, 0) is 56.4 Å². The van der Waals surface area contributed by atoms with Crippen molar-refractivity contribution in [2.24, 2.45) is 5.92 Å². The summed E-state index contributed by atoms with van der Waals surface area (Å²) < 4.78 is 0. The fraction of sp³-hybridized carbons (Fsp3) is 0.571. The largest absolute Gasteiger partial charge is 0.316 e. The van der Waals surface area contributed by atoms with Gasteiger partial charge in [-0.25, -0.2) is 0 Å². The number of hydrogen-bond donors (Lipinski definition) is 2. The minimum atomic E-state index is 0.817. The Bertz CT molecular complexity index is 316. The standard InChI is InChI=1S/C14H22N2/c1-12-5-2-3-7-14(12)11-16-10-13-6-4-8-15-9-13/h2-3,5,7,13,15-16H,4,6,8-11H2,1H3/t13-/m0/s1. The first kappa shape index (κ1) is 11.6. The van der Waals surface area contributed by atoms with Crippen molar-refractivity contribution < 1.29 is 0 Å². The zero-order chi connectivity index (χ0) is 11.2. The van der Waals surface area contributed by atoms with E-state index in [2.05, 4.69) is 41.8 Å². The van der Waals surface area contributed by atoms with E-state index in [1.54, 1.807) is 0 Å². The SMILES string of the molecule is Cc1ccccc1CNC[C@H]1CCCNC1. The molecule has 0 amide bonds. The van der Waals surface area contributed by atoms with Crippen LogP contribution in [0.1, 0.15) is 24.0 Å². The Morgan fingerprint density at radius 3 is 3.00 bits per heavy atom. The van der Waals surface area contributed by atoms with Gasteiger partial charge in [-0.1, -0.05) is 24.3 Å². The summed E-state index contributed by atoms with van der Waals surface area (Å²) in [5.41, 5.74) is 2.81. The van der Waals surface area contributed by atoms with E-state index >= 15 is 0 Å². The maximum Gasteiger partial charge on any atom is 0.0208 e. The second-order valence-corrected chi connectivity index (χ2v) is 4.77. The normalized spacial score (nSPS) is 20.9. The monoisotopic (exact) mass is 218 g/mol. The lowest BCUT2D eigenvalue weighted by atomic mass is 9.99. The summed E-state index contributed by atoms with van der Waals surface area (Å²) in [6.45, 7) is 6.71. The minimum absolute atomic E-state index is 0.817. The Morgan fingerprint density at radius 1 is 1.38 bits per heavy atom. The molecule has 0 radical (unpaired) electrons. The summed E-state index contributed by atoms with van der Waals surface area (Å²) in [4.78, 5) is 0. The van der Waals surface area contributed by atoms with Gasteiger partial charge in [-0.15, -0.1) is 0 Å². The van der Waals surface area contributed by atoms with Crippen molar-refractivity contribution in [1.29, 1.82) is 0 Å². The summed E-state index contributed by atoms with van der Waals surface area (Å²) in [6, 6.07) is 8.61. The van der Waals surface area contributed by atoms with Crippen LogP contribution in [-0.2, 0) is 6.54 Å². The van der Waals surface area contributed by atoms with Gasteiger partial charge in [0.2, 0.25) is 0 Å². The summed E-state index contributed by atoms with van der Waals surface area (Å²) >= 11 is 0. The van der Waals surface area contributed by atoms with Crippen LogP contribution in [0, 0.1) is 12.8 Å². The predicted octanol–water partition coefficient (Wildman–Crippen LogP) is 2.08. The molecule has 88 valence electrons. The van der Waals surface area contributed by atoms with E-state index < -0.39 is 0 Å². The maximum absolute atomic E-state index is 3.57. The van der Waals surface area contributed by atoms with Crippen LogP contribution < -0.4 is 10.6 Å². The van der Waals surface area contributed by atoms with Gasteiger partial charge in [-0.2, -0.15) is 0 Å². The Hall–Kier alpha value is -0.860.